The fraction of sp³-hybridized carbons (Fsp3) is 0.556. The third kappa shape index (κ3) is 6.42. The van der Waals surface area contributed by atoms with E-state index >= 15 is 0 Å². The molecule has 0 saturated heterocycles. The molecule has 0 aromatic heterocycles. The largest absolute Gasteiger partial charge is 0.452 e. The van der Waals surface area contributed by atoms with Crippen molar-refractivity contribution in [2.45, 2.75) is 51.0 Å². The molecule has 0 bridgehead atoms. The number of ether oxygens (including phenoxy) is 1. The molecule has 1 amide bonds. The molecule has 1 rings (SSSR count). The van der Waals surface area contributed by atoms with Crippen LogP contribution in [0.5, 0.6) is 0 Å². The molecule has 0 spiro atoms. The van der Waals surface area contributed by atoms with E-state index in [2.05, 4.69) is 12.2 Å². The molecule has 1 N–H and O–H groups in total. The van der Waals surface area contributed by atoms with Crippen molar-refractivity contribution in [2.24, 2.45) is 0 Å². The fourth-order valence-corrected chi connectivity index (χ4v) is 3.51. The smallest absolute Gasteiger partial charge is 0.338 e. The van der Waals surface area contributed by atoms with E-state index in [0.29, 0.717) is 6.54 Å². The first-order valence-electron chi connectivity index (χ1n) is 8.72. The summed E-state index contributed by atoms with van der Waals surface area (Å²) in [6, 6.07) is 5.39. The van der Waals surface area contributed by atoms with Crippen LogP contribution in [0.4, 0.5) is 0 Å². The van der Waals surface area contributed by atoms with Gasteiger partial charge in [-0.3, -0.25) is 4.79 Å². The summed E-state index contributed by atoms with van der Waals surface area (Å²) >= 11 is 0. The molecule has 8 heteroatoms. The highest BCUT2D eigenvalue weighted by Crippen LogP contribution is 2.18. The highest BCUT2D eigenvalue weighted by atomic mass is 32.2. The third-order valence-electron chi connectivity index (χ3n) is 3.91. The van der Waals surface area contributed by atoms with Gasteiger partial charge in [0.2, 0.25) is 10.0 Å². The molecule has 26 heavy (non-hydrogen) atoms. The minimum atomic E-state index is -3.70. The van der Waals surface area contributed by atoms with E-state index in [1.54, 1.807) is 13.8 Å². The molecular weight excluding hydrogens is 356 g/mol. The topological polar surface area (TPSA) is 92.8 Å². The Hall–Kier alpha value is -1.93. The molecule has 7 nitrogen and oxygen atoms in total. The Morgan fingerprint density at radius 2 is 1.92 bits per heavy atom. The number of nitrogens with zero attached hydrogens (tertiary/aromatic N) is 1. The highest BCUT2D eigenvalue weighted by molar-refractivity contribution is 7.89. The molecule has 0 saturated carbocycles. The van der Waals surface area contributed by atoms with E-state index < -0.39 is 22.6 Å². The zero-order valence-corrected chi connectivity index (χ0v) is 16.6. The first-order chi connectivity index (χ1) is 12.2. The first-order valence-corrected chi connectivity index (χ1v) is 10.2. The second-order valence-corrected chi connectivity index (χ2v) is 8.27. The number of hydrogen-bond donors (Lipinski definition) is 1. The second-order valence-electron chi connectivity index (χ2n) is 6.28. The van der Waals surface area contributed by atoms with Crippen LogP contribution in [-0.2, 0) is 19.6 Å². The van der Waals surface area contributed by atoms with Gasteiger partial charge in [-0.15, -0.1) is 0 Å². The van der Waals surface area contributed by atoms with Crippen LogP contribution in [0.25, 0.3) is 0 Å². The van der Waals surface area contributed by atoms with E-state index in [-0.39, 0.29) is 22.4 Å². The third-order valence-corrected chi connectivity index (χ3v) is 5.94. The van der Waals surface area contributed by atoms with Crippen molar-refractivity contribution in [2.75, 3.05) is 20.2 Å². The number of benzene rings is 1. The molecular formula is C18H28N2O5S. The lowest BCUT2D eigenvalue weighted by atomic mass is 10.2. The number of nitrogens with one attached hydrogen (secondary N) is 1. The molecule has 1 aromatic carbocycles. The van der Waals surface area contributed by atoms with E-state index in [0.717, 1.165) is 19.3 Å². The van der Waals surface area contributed by atoms with Crippen molar-refractivity contribution in [3.8, 4) is 0 Å². The monoisotopic (exact) mass is 384 g/mol. The molecule has 0 radical (unpaired) electrons. The Kier molecular flexibility index (Phi) is 8.74. The number of sulfonamides is 1. The zero-order chi connectivity index (χ0) is 19.7. The number of esters is 1. The van der Waals surface area contributed by atoms with E-state index in [1.165, 1.54) is 35.6 Å². The molecule has 0 aliphatic carbocycles. The number of hydrogen-bond acceptors (Lipinski definition) is 5. The SMILES string of the molecule is CCCCCNC(=O)COC(=O)c1cccc(S(=O)(=O)N(C)C(C)C)c1. The van der Waals surface area contributed by atoms with Gasteiger partial charge in [0.05, 0.1) is 10.5 Å². The zero-order valence-electron chi connectivity index (χ0n) is 15.8. The number of unbranched alkanes of at least 4 members (excludes halogenated alkanes) is 2. The Morgan fingerprint density at radius 3 is 2.54 bits per heavy atom. The normalized spacial score (nSPS) is 11.6. The summed E-state index contributed by atoms with van der Waals surface area (Å²) in [6.07, 6.45) is 2.95. The Balaban J connectivity index is 2.70. The van der Waals surface area contributed by atoms with Crippen molar-refractivity contribution in [3.63, 3.8) is 0 Å². The van der Waals surface area contributed by atoms with Gasteiger partial charge >= 0.3 is 5.97 Å². The number of amides is 1. The van der Waals surface area contributed by atoms with E-state index in [9.17, 15) is 18.0 Å². The van der Waals surface area contributed by atoms with Crippen LogP contribution in [0, 0.1) is 0 Å². The van der Waals surface area contributed by atoms with Gasteiger partial charge in [-0.25, -0.2) is 13.2 Å². The average Bonchev–Trinajstić information content (AvgIpc) is 2.62. The number of carbonyl (C=O) groups excluding carboxylic acids is 2. The molecule has 0 aliphatic heterocycles. The van der Waals surface area contributed by atoms with Crippen molar-refractivity contribution < 1.29 is 22.7 Å². The molecule has 1 aromatic rings. The lowest BCUT2D eigenvalue weighted by molar-refractivity contribution is -0.124. The van der Waals surface area contributed by atoms with Crippen LogP contribution in [0.1, 0.15) is 50.4 Å². The summed E-state index contributed by atoms with van der Waals surface area (Å²) in [4.78, 5) is 23.7. The van der Waals surface area contributed by atoms with Gasteiger partial charge in [-0.1, -0.05) is 25.8 Å². The lowest BCUT2D eigenvalue weighted by Gasteiger charge is -2.21. The lowest BCUT2D eigenvalue weighted by Crippen LogP contribution is -2.33. The number of rotatable bonds is 10. The molecule has 0 aliphatic rings. The Labute approximate surface area is 155 Å². The second kappa shape index (κ2) is 10.3. The quantitative estimate of drug-likeness (QED) is 0.493. The Bertz CT molecular complexity index is 716. The maximum absolute atomic E-state index is 12.5. The predicted molar refractivity (Wildman–Crippen MR) is 99.3 cm³/mol. The van der Waals surface area contributed by atoms with Gasteiger partial charge in [0, 0.05) is 19.6 Å². The average molecular weight is 384 g/mol. The maximum atomic E-state index is 12.5. The first kappa shape index (κ1) is 22.1. The molecule has 0 unspecified atom stereocenters. The van der Waals surface area contributed by atoms with Crippen molar-refractivity contribution in [1.82, 2.24) is 9.62 Å². The van der Waals surface area contributed by atoms with Gasteiger partial charge in [0.1, 0.15) is 0 Å². The summed E-state index contributed by atoms with van der Waals surface area (Å²) in [7, 11) is -2.22. The molecule has 0 fully saturated rings. The van der Waals surface area contributed by atoms with Crippen LogP contribution in [0.2, 0.25) is 0 Å². The fourth-order valence-electron chi connectivity index (χ4n) is 2.10. The van der Waals surface area contributed by atoms with Crippen LogP contribution in [0.3, 0.4) is 0 Å². The van der Waals surface area contributed by atoms with Crippen LogP contribution < -0.4 is 5.32 Å². The minimum absolute atomic E-state index is 0.00664. The summed E-state index contributed by atoms with van der Waals surface area (Å²) in [5, 5.41) is 2.67. The Morgan fingerprint density at radius 1 is 1.23 bits per heavy atom. The van der Waals surface area contributed by atoms with Gasteiger partial charge in [0.25, 0.3) is 5.91 Å². The summed E-state index contributed by atoms with van der Waals surface area (Å²) in [6.45, 7) is 5.73. The van der Waals surface area contributed by atoms with E-state index in [1.807, 2.05) is 0 Å². The van der Waals surface area contributed by atoms with Crippen molar-refractivity contribution in [1.29, 1.82) is 0 Å². The van der Waals surface area contributed by atoms with Crippen molar-refractivity contribution in [3.05, 3.63) is 29.8 Å². The van der Waals surface area contributed by atoms with Gasteiger partial charge in [-0.2, -0.15) is 4.31 Å². The number of carbonyl (C=O) groups is 2. The van der Waals surface area contributed by atoms with Crippen LogP contribution in [0.15, 0.2) is 29.2 Å². The van der Waals surface area contributed by atoms with Gasteiger partial charge in [0.15, 0.2) is 6.61 Å². The summed E-state index contributed by atoms with van der Waals surface area (Å²) in [5.74, 6) is -1.12. The van der Waals surface area contributed by atoms with Gasteiger partial charge in [-0.05, 0) is 38.5 Å². The van der Waals surface area contributed by atoms with Crippen molar-refractivity contribution >= 4 is 21.9 Å². The molecule has 146 valence electrons. The molecule has 0 heterocycles. The van der Waals surface area contributed by atoms with Crippen LogP contribution in [-0.4, -0.2) is 50.8 Å². The summed E-state index contributed by atoms with van der Waals surface area (Å²) < 4.78 is 31.2. The summed E-state index contributed by atoms with van der Waals surface area (Å²) in [5.41, 5.74) is 0.0852. The molecule has 0 atom stereocenters. The minimum Gasteiger partial charge on any atom is -0.452 e. The van der Waals surface area contributed by atoms with E-state index in [4.69, 9.17) is 4.74 Å². The van der Waals surface area contributed by atoms with Crippen LogP contribution >= 0.6 is 0 Å². The predicted octanol–water partition coefficient (Wildman–Crippen LogP) is 2.18. The maximum Gasteiger partial charge on any atom is 0.338 e. The highest BCUT2D eigenvalue weighted by Gasteiger charge is 2.24. The standard InChI is InChI=1S/C18H28N2O5S/c1-5-6-7-11-19-17(21)13-25-18(22)15-9-8-10-16(12-15)26(23,24)20(4)14(2)3/h8-10,12,14H,5-7,11,13H2,1-4H3,(H,19,21). The van der Waals surface area contributed by atoms with Gasteiger partial charge < -0.3 is 10.1 Å².